The van der Waals surface area contributed by atoms with E-state index in [4.69, 9.17) is 4.74 Å². The van der Waals surface area contributed by atoms with E-state index in [0.29, 0.717) is 24.3 Å². The second-order valence-corrected chi connectivity index (χ2v) is 9.27. The van der Waals surface area contributed by atoms with Crippen LogP contribution in [0.4, 0.5) is 11.4 Å². The highest BCUT2D eigenvalue weighted by molar-refractivity contribution is 5.93. The Labute approximate surface area is 178 Å². The van der Waals surface area contributed by atoms with Gasteiger partial charge >= 0.3 is 5.97 Å². The lowest BCUT2D eigenvalue weighted by molar-refractivity contribution is -0.155. The van der Waals surface area contributed by atoms with Gasteiger partial charge in [-0.05, 0) is 68.7 Å². The van der Waals surface area contributed by atoms with E-state index in [2.05, 4.69) is 17.1 Å². The number of benzene rings is 1. The predicted molar refractivity (Wildman–Crippen MR) is 115 cm³/mol. The van der Waals surface area contributed by atoms with Gasteiger partial charge in [-0.25, -0.2) is 0 Å². The van der Waals surface area contributed by atoms with E-state index in [1.807, 2.05) is 24.3 Å². The van der Waals surface area contributed by atoms with Gasteiger partial charge in [0.2, 0.25) is 0 Å². The number of ketones is 1. The van der Waals surface area contributed by atoms with Gasteiger partial charge in [-0.2, -0.15) is 0 Å². The van der Waals surface area contributed by atoms with Gasteiger partial charge < -0.3 is 15.0 Å². The van der Waals surface area contributed by atoms with Crippen molar-refractivity contribution < 1.29 is 19.1 Å². The molecule has 0 aromatic heterocycles. The fourth-order valence-corrected chi connectivity index (χ4v) is 5.15. The number of hydrogen-bond acceptors (Lipinski definition) is 5. The maximum atomic E-state index is 12.4. The SMILES string of the molecule is CC1CCN(c2ccc(NC(=O)COC(=O)C3C[C@H]4CCC[C@@H](C3)C4=O)cc2)CC1. The third-order valence-electron chi connectivity index (χ3n) is 7.03. The molecule has 2 saturated carbocycles. The van der Waals surface area contributed by atoms with Crippen LogP contribution >= 0.6 is 0 Å². The lowest BCUT2D eigenvalue weighted by Crippen LogP contribution is -2.40. The average molecular weight is 413 g/mol. The largest absolute Gasteiger partial charge is 0.455 e. The van der Waals surface area contributed by atoms with Crippen LogP contribution in [0.5, 0.6) is 0 Å². The van der Waals surface area contributed by atoms with Crippen LogP contribution in [-0.4, -0.2) is 37.4 Å². The molecule has 3 aliphatic rings. The Kier molecular flexibility index (Phi) is 6.40. The van der Waals surface area contributed by atoms with Gasteiger partial charge in [-0.1, -0.05) is 13.3 Å². The predicted octanol–water partition coefficient (Wildman–Crippen LogP) is 3.80. The number of ether oxygens (including phenoxy) is 1. The molecule has 1 saturated heterocycles. The van der Waals surface area contributed by atoms with Crippen LogP contribution in [0.25, 0.3) is 0 Å². The van der Waals surface area contributed by atoms with E-state index >= 15 is 0 Å². The number of nitrogens with one attached hydrogen (secondary N) is 1. The molecule has 30 heavy (non-hydrogen) atoms. The summed E-state index contributed by atoms with van der Waals surface area (Å²) in [5, 5.41) is 2.80. The van der Waals surface area contributed by atoms with Gasteiger partial charge in [0.25, 0.3) is 5.91 Å². The van der Waals surface area contributed by atoms with E-state index in [0.717, 1.165) is 38.3 Å². The lowest BCUT2D eigenvalue weighted by atomic mass is 9.67. The summed E-state index contributed by atoms with van der Waals surface area (Å²) in [4.78, 5) is 39.2. The first-order chi connectivity index (χ1) is 14.5. The van der Waals surface area contributed by atoms with Gasteiger partial charge in [0.1, 0.15) is 5.78 Å². The molecule has 3 fully saturated rings. The zero-order valence-electron chi connectivity index (χ0n) is 17.8. The highest BCUT2D eigenvalue weighted by atomic mass is 16.5. The smallest absolute Gasteiger partial charge is 0.309 e. The molecule has 1 aromatic rings. The number of nitrogens with zero attached hydrogens (tertiary/aromatic N) is 1. The van der Waals surface area contributed by atoms with Crippen LogP contribution in [-0.2, 0) is 19.1 Å². The fourth-order valence-electron chi connectivity index (χ4n) is 5.15. The number of hydrogen-bond donors (Lipinski definition) is 1. The van der Waals surface area contributed by atoms with E-state index in [1.165, 1.54) is 18.5 Å². The molecule has 1 aliphatic heterocycles. The Balaban J connectivity index is 1.23. The molecule has 2 bridgehead atoms. The Morgan fingerprint density at radius 1 is 1.03 bits per heavy atom. The highest BCUT2D eigenvalue weighted by Crippen LogP contribution is 2.40. The van der Waals surface area contributed by atoms with Gasteiger partial charge in [0.05, 0.1) is 5.92 Å². The maximum Gasteiger partial charge on any atom is 0.309 e. The highest BCUT2D eigenvalue weighted by Gasteiger charge is 2.41. The van der Waals surface area contributed by atoms with Crippen LogP contribution in [0.2, 0.25) is 0 Å². The number of esters is 1. The molecule has 1 N–H and O–H groups in total. The second kappa shape index (κ2) is 9.19. The topological polar surface area (TPSA) is 75.7 Å². The minimum absolute atomic E-state index is 0.00510. The Bertz CT molecular complexity index is 767. The van der Waals surface area contributed by atoms with Crippen molar-refractivity contribution in [3.8, 4) is 0 Å². The molecular formula is C24H32N2O4. The van der Waals surface area contributed by atoms with Crippen LogP contribution in [0, 0.1) is 23.7 Å². The molecule has 3 atom stereocenters. The first-order valence-corrected chi connectivity index (χ1v) is 11.3. The summed E-state index contributed by atoms with van der Waals surface area (Å²) in [7, 11) is 0. The monoisotopic (exact) mass is 412 g/mol. The zero-order chi connectivity index (χ0) is 21.1. The summed E-state index contributed by atoms with van der Waals surface area (Å²) in [6.07, 6.45) is 6.40. The number of piperidine rings is 1. The third-order valence-corrected chi connectivity index (χ3v) is 7.03. The summed E-state index contributed by atoms with van der Waals surface area (Å²) >= 11 is 0. The fraction of sp³-hybridized carbons (Fsp3) is 0.625. The van der Waals surface area contributed by atoms with Crippen LogP contribution in [0.15, 0.2) is 24.3 Å². The van der Waals surface area contributed by atoms with Crippen LogP contribution in [0.1, 0.15) is 51.9 Å². The number of amides is 1. The van der Waals surface area contributed by atoms with E-state index in [-0.39, 0.29) is 36.2 Å². The molecule has 0 spiro atoms. The summed E-state index contributed by atoms with van der Waals surface area (Å²) in [5.41, 5.74) is 1.87. The summed E-state index contributed by atoms with van der Waals surface area (Å²) in [5.74, 6) is 0.189. The lowest BCUT2D eigenvalue weighted by Gasteiger charge is -2.36. The van der Waals surface area contributed by atoms with Gasteiger partial charge in [0, 0.05) is 36.3 Å². The molecule has 1 unspecified atom stereocenters. The van der Waals surface area contributed by atoms with E-state index < -0.39 is 0 Å². The van der Waals surface area contributed by atoms with Crippen molar-refractivity contribution in [3.63, 3.8) is 0 Å². The van der Waals surface area contributed by atoms with Gasteiger partial charge in [0.15, 0.2) is 6.61 Å². The first kappa shape index (κ1) is 20.9. The second-order valence-electron chi connectivity index (χ2n) is 9.27. The molecular weight excluding hydrogens is 380 g/mol. The molecule has 0 radical (unpaired) electrons. The Hall–Kier alpha value is -2.37. The Morgan fingerprint density at radius 2 is 1.67 bits per heavy atom. The van der Waals surface area contributed by atoms with Crippen molar-refractivity contribution in [3.05, 3.63) is 24.3 Å². The minimum Gasteiger partial charge on any atom is -0.455 e. The summed E-state index contributed by atoms with van der Waals surface area (Å²) in [6.45, 7) is 4.14. The number of Topliss-reactive ketones (excluding diaryl/α,β-unsaturated/α-hetero) is 1. The van der Waals surface area contributed by atoms with Crippen molar-refractivity contribution in [2.24, 2.45) is 23.7 Å². The van der Waals surface area contributed by atoms with Crippen molar-refractivity contribution in [1.82, 2.24) is 0 Å². The number of carbonyl (C=O) groups excluding carboxylic acids is 3. The molecule has 1 heterocycles. The quantitative estimate of drug-likeness (QED) is 0.745. The van der Waals surface area contributed by atoms with Gasteiger partial charge in [-0.3, -0.25) is 14.4 Å². The number of fused-ring (bicyclic) bond motifs is 2. The molecule has 1 amide bonds. The third kappa shape index (κ3) is 4.85. The zero-order valence-corrected chi connectivity index (χ0v) is 17.8. The summed E-state index contributed by atoms with van der Waals surface area (Å²) < 4.78 is 5.27. The molecule has 162 valence electrons. The molecule has 6 heteroatoms. The Morgan fingerprint density at radius 3 is 2.30 bits per heavy atom. The van der Waals surface area contributed by atoms with Gasteiger partial charge in [-0.15, -0.1) is 0 Å². The molecule has 1 aromatic carbocycles. The number of carbonyl (C=O) groups is 3. The molecule has 4 rings (SSSR count). The van der Waals surface area contributed by atoms with Crippen molar-refractivity contribution in [1.29, 1.82) is 0 Å². The van der Waals surface area contributed by atoms with Crippen molar-refractivity contribution in [2.45, 2.75) is 51.9 Å². The molecule has 6 nitrogen and oxygen atoms in total. The first-order valence-electron chi connectivity index (χ1n) is 11.3. The summed E-state index contributed by atoms with van der Waals surface area (Å²) in [6, 6.07) is 7.83. The average Bonchev–Trinajstić information content (AvgIpc) is 2.73. The van der Waals surface area contributed by atoms with Crippen molar-refractivity contribution >= 4 is 29.0 Å². The number of anilines is 2. The standard InChI is InChI=1S/C24H32N2O4/c1-16-9-11-26(12-10-16)21-7-5-20(6-8-21)25-22(27)15-30-24(29)19-13-17-3-2-4-18(14-19)23(17)28/h5-8,16-19H,2-4,9-15H2,1H3,(H,25,27)/t17-,18+,19?. The maximum absolute atomic E-state index is 12.4. The van der Waals surface area contributed by atoms with Crippen molar-refractivity contribution in [2.75, 3.05) is 29.9 Å². The van der Waals surface area contributed by atoms with E-state index in [9.17, 15) is 14.4 Å². The normalized spacial score (nSPS) is 26.9. The van der Waals surface area contributed by atoms with E-state index in [1.54, 1.807) is 0 Å². The molecule has 2 aliphatic carbocycles. The van der Waals surface area contributed by atoms with Crippen LogP contribution < -0.4 is 10.2 Å². The minimum atomic E-state index is -0.343. The van der Waals surface area contributed by atoms with Crippen LogP contribution in [0.3, 0.4) is 0 Å². The number of rotatable bonds is 5.